The lowest BCUT2D eigenvalue weighted by molar-refractivity contribution is -0.111. The monoisotopic (exact) mass is 857 g/mol. The van der Waals surface area contributed by atoms with Gasteiger partial charge in [0, 0.05) is 62.8 Å². The molecule has 2 amide bonds. The zero-order valence-corrected chi connectivity index (χ0v) is 36.9. The molecule has 0 spiro atoms. The van der Waals surface area contributed by atoms with E-state index < -0.39 is 21.8 Å². The first-order valence-corrected chi connectivity index (χ1v) is 23.5. The van der Waals surface area contributed by atoms with Crippen molar-refractivity contribution in [3.05, 3.63) is 90.8 Å². The fourth-order valence-electron chi connectivity index (χ4n) is 10.6. The SMILES string of the molecule is C=CC(=O)Nc1cc(S(=O)(=O)c2ccc(N3CC(CN4CCC([C@@](CN5CCC5)(c5cccc(F)c5)[C@H]5CCC[C@@H]5NC(=O)O)CC4)C3)cc2)ccc1N(C)CCCN(C)C. The third-order valence-electron chi connectivity index (χ3n) is 13.8. The molecule has 4 aliphatic rings. The highest BCUT2D eigenvalue weighted by Gasteiger charge is 2.53. The Bertz CT molecular complexity index is 2120. The third kappa shape index (κ3) is 10.1. The molecule has 1 aliphatic carbocycles. The summed E-state index contributed by atoms with van der Waals surface area (Å²) in [7, 11) is 2.09. The number of carbonyl (C=O) groups is 2. The van der Waals surface area contributed by atoms with Crippen LogP contribution in [0.2, 0.25) is 0 Å². The molecule has 0 bridgehead atoms. The Kier molecular flexibility index (Phi) is 14.1. The van der Waals surface area contributed by atoms with Gasteiger partial charge in [0.2, 0.25) is 15.7 Å². The van der Waals surface area contributed by atoms with Crippen molar-refractivity contribution in [1.29, 1.82) is 0 Å². The molecular formula is C47H64FN7O5S. The van der Waals surface area contributed by atoms with Crippen molar-refractivity contribution >= 4 is 38.9 Å². The fraction of sp³-hybridized carbons (Fsp3) is 0.532. The zero-order chi connectivity index (χ0) is 43.3. The summed E-state index contributed by atoms with van der Waals surface area (Å²) in [4.78, 5) is 36.1. The number of piperidine rings is 1. The van der Waals surface area contributed by atoms with Gasteiger partial charge in [-0.2, -0.15) is 0 Å². The molecule has 7 rings (SSSR count). The first kappa shape index (κ1) is 44.6. The number of carboxylic acid groups (broad SMARTS) is 1. The number of benzene rings is 3. The smallest absolute Gasteiger partial charge is 0.404 e. The number of sulfone groups is 1. The van der Waals surface area contributed by atoms with Gasteiger partial charge in [-0.05, 0) is 163 Å². The number of nitrogens with zero attached hydrogens (tertiary/aromatic N) is 5. The molecule has 3 saturated heterocycles. The average molecular weight is 858 g/mol. The number of anilines is 3. The summed E-state index contributed by atoms with van der Waals surface area (Å²) >= 11 is 0. The molecule has 3 heterocycles. The maximum Gasteiger partial charge on any atom is 0.404 e. The van der Waals surface area contributed by atoms with Gasteiger partial charge in [0.25, 0.3) is 0 Å². The van der Waals surface area contributed by atoms with E-state index in [4.69, 9.17) is 0 Å². The molecule has 3 aromatic carbocycles. The molecule has 14 heteroatoms. The highest BCUT2D eigenvalue weighted by atomic mass is 32.2. The average Bonchev–Trinajstić information content (AvgIpc) is 3.66. The molecule has 3 aromatic rings. The number of nitrogens with one attached hydrogen (secondary N) is 2. The minimum atomic E-state index is -3.87. The summed E-state index contributed by atoms with van der Waals surface area (Å²) < 4.78 is 42.7. The van der Waals surface area contributed by atoms with Gasteiger partial charge in [0.1, 0.15) is 5.82 Å². The highest BCUT2D eigenvalue weighted by molar-refractivity contribution is 7.91. The number of hydrogen-bond donors (Lipinski definition) is 3. The van der Waals surface area contributed by atoms with Crippen LogP contribution in [0, 0.1) is 23.6 Å². The Labute approximate surface area is 361 Å². The number of likely N-dealkylation sites (tertiary alicyclic amines) is 2. The molecule has 4 fully saturated rings. The minimum Gasteiger partial charge on any atom is -0.465 e. The van der Waals surface area contributed by atoms with Gasteiger partial charge in [-0.25, -0.2) is 17.6 Å². The van der Waals surface area contributed by atoms with Crippen LogP contribution in [0.4, 0.5) is 26.2 Å². The Morgan fingerprint density at radius 2 is 1.62 bits per heavy atom. The minimum absolute atomic E-state index is 0.0993. The Balaban J connectivity index is 0.981. The molecule has 61 heavy (non-hydrogen) atoms. The van der Waals surface area contributed by atoms with E-state index in [1.807, 2.05) is 44.2 Å². The molecule has 0 unspecified atom stereocenters. The van der Waals surface area contributed by atoms with Crippen molar-refractivity contribution in [1.82, 2.24) is 20.0 Å². The van der Waals surface area contributed by atoms with Crippen LogP contribution < -0.4 is 20.4 Å². The second kappa shape index (κ2) is 19.3. The molecule has 1 saturated carbocycles. The van der Waals surface area contributed by atoms with Gasteiger partial charge >= 0.3 is 6.09 Å². The molecule has 3 atom stereocenters. The number of amides is 2. The van der Waals surface area contributed by atoms with Crippen LogP contribution in [0.3, 0.4) is 0 Å². The molecule has 0 aromatic heterocycles. The van der Waals surface area contributed by atoms with Crippen LogP contribution in [-0.4, -0.2) is 133 Å². The summed E-state index contributed by atoms with van der Waals surface area (Å²) in [6.45, 7) is 12.7. The Morgan fingerprint density at radius 1 is 0.902 bits per heavy atom. The van der Waals surface area contributed by atoms with Crippen molar-refractivity contribution in [3.63, 3.8) is 0 Å². The summed E-state index contributed by atoms with van der Waals surface area (Å²) in [5.74, 6) is 0.234. The second-order valence-corrected chi connectivity index (χ2v) is 20.0. The van der Waals surface area contributed by atoms with Crippen LogP contribution in [-0.2, 0) is 20.0 Å². The van der Waals surface area contributed by atoms with Crippen molar-refractivity contribution in [2.75, 3.05) is 102 Å². The van der Waals surface area contributed by atoms with Crippen LogP contribution in [0.25, 0.3) is 0 Å². The van der Waals surface area contributed by atoms with Crippen molar-refractivity contribution in [2.45, 2.75) is 66.2 Å². The first-order chi connectivity index (χ1) is 29.3. The van der Waals surface area contributed by atoms with Gasteiger partial charge < -0.3 is 40.2 Å². The molecule has 12 nitrogen and oxygen atoms in total. The first-order valence-electron chi connectivity index (χ1n) is 22.0. The van der Waals surface area contributed by atoms with Crippen LogP contribution in [0.15, 0.2) is 89.2 Å². The maximum atomic E-state index is 15.0. The highest BCUT2D eigenvalue weighted by Crippen LogP contribution is 2.51. The zero-order valence-electron chi connectivity index (χ0n) is 36.1. The lowest BCUT2D eigenvalue weighted by atomic mass is 9.57. The largest absolute Gasteiger partial charge is 0.465 e. The van der Waals surface area contributed by atoms with Gasteiger partial charge in [-0.3, -0.25) is 4.79 Å². The normalized spacial score (nSPS) is 21.4. The lowest BCUT2D eigenvalue weighted by Gasteiger charge is -2.54. The van der Waals surface area contributed by atoms with Gasteiger partial charge in [-0.1, -0.05) is 25.1 Å². The Morgan fingerprint density at radius 3 is 2.26 bits per heavy atom. The number of rotatable bonds is 18. The number of carbonyl (C=O) groups excluding carboxylic acids is 1. The Hall–Kier alpha value is -4.50. The quantitative estimate of drug-likeness (QED) is 0.124. The van der Waals surface area contributed by atoms with E-state index in [0.717, 1.165) is 127 Å². The van der Waals surface area contributed by atoms with Gasteiger partial charge in [0.15, 0.2) is 0 Å². The summed E-state index contributed by atoms with van der Waals surface area (Å²) in [6, 6.07) is 19.0. The lowest BCUT2D eigenvalue weighted by Crippen LogP contribution is -2.60. The van der Waals surface area contributed by atoms with Crippen LogP contribution in [0.5, 0.6) is 0 Å². The number of hydrogen-bond acceptors (Lipinski definition) is 9. The van der Waals surface area contributed by atoms with Crippen molar-refractivity contribution < 1.29 is 27.5 Å². The predicted molar refractivity (Wildman–Crippen MR) is 240 cm³/mol. The topological polar surface area (TPSA) is 129 Å². The molecule has 3 N–H and O–H groups in total. The third-order valence-corrected chi connectivity index (χ3v) is 15.6. The molecule has 0 radical (unpaired) electrons. The fourth-order valence-corrected chi connectivity index (χ4v) is 11.9. The van der Waals surface area contributed by atoms with Crippen molar-refractivity contribution in [3.8, 4) is 0 Å². The maximum absolute atomic E-state index is 15.0. The summed E-state index contributed by atoms with van der Waals surface area (Å²) in [6.07, 6.45) is 6.90. The summed E-state index contributed by atoms with van der Waals surface area (Å²) in [5.41, 5.74) is 2.80. The standard InChI is InChI=1S/C47H64FN7O5S/c1-5-45(56)49-43-29-40(18-19-44(43)52(4)23-8-22-51(2)3)61(59,60)39-16-14-38(15-17-39)55-31-34(32-55)30-53-26-20-35(21-27-53)47(33-54-24-9-25-54,36-10-6-11-37(48)28-36)41-12-7-13-42(41)50-46(57)58/h5-6,10-11,14-19,28-29,34-35,41-42,50H,1,7-9,12-13,20-27,30-33H2,2-4H3,(H,49,56)(H,57,58)/t41-,42-,47-/m0/s1. The van der Waals surface area contributed by atoms with E-state index in [2.05, 4.69) is 42.9 Å². The van der Waals surface area contributed by atoms with E-state index in [0.29, 0.717) is 17.5 Å². The van der Waals surface area contributed by atoms with Crippen molar-refractivity contribution in [2.24, 2.45) is 17.8 Å². The number of halogens is 1. The second-order valence-electron chi connectivity index (χ2n) is 18.1. The predicted octanol–water partition coefficient (Wildman–Crippen LogP) is 6.40. The molecule has 330 valence electrons. The summed E-state index contributed by atoms with van der Waals surface area (Å²) in [5, 5.41) is 15.5. The van der Waals surface area contributed by atoms with Crippen LogP contribution >= 0.6 is 0 Å². The van der Waals surface area contributed by atoms with E-state index in [1.54, 1.807) is 30.3 Å². The van der Waals surface area contributed by atoms with E-state index in [-0.39, 0.29) is 33.0 Å². The van der Waals surface area contributed by atoms with Gasteiger partial charge in [-0.15, -0.1) is 0 Å². The van der Waals surface area contributed by atoms with E-state index >= 15 is 0 Å². The molecule has 3 aliphatic heterocycles. The van der Waals surface area contributed by atoms with Crippen LogP contribution in [0.1, 0.15) is 50.5 Å². The molecular weight excluding hydrogens is 794 g/mol. The van der Waals surface area contributed by atoms with Gasteiger partial charge in [0.05, 0.1) is 21.2 Å². The van der Waals surface area contributed by atoms with E-state index in [1.165, 1.54) is 18.2 Å². The van der Waals surface area contributed by atoms with E-state index in [9.17, 15) is 27.5 Å².